The molecule has 1 fully saturated rings. The Morgan fingerprint density at radius 2 is 2.20 bits per heavy atom. The zero-order valence-corrected chi connectivity index (χ0v) is 14.3. The molecular weight excluding hydrogens is 316 g/mol. The van der Waals surface area contributed by atoms with Crippen LogP contribution in [0.5, 0.6) is 0 Å². The first-order valence-electron chi connectivity index (χ1n) is 7.32. The molecule has 0 aliphatic carbocycles. The van der Waals surface area contributed by atoms with Crippen LogP contribution in [0.2, 0.25) is 0 Å². The second-order valence-corrected chi connectivity index (χ2v) is 7.82. The van der Waals surface area contributed by atoms with Crippen molar-refractivity contribution in [3.63, 3.8) is 0 Å². The van der Waals surface area contributed by atoms with Crippen molar-refractivity contribution in [1.82, 2.24) is 10.3 Å². The summed E-state index contributed by atoms with van der Waals surface area (Å²) in [5.41, 5.74) is 1.46. The standard InChI is InChI=1S/C16H25BrN2O/c1-15(2,3)19-11-16(7-4-8-20-12-16)9-14-6-5-13(17)10-18-14/h5-6,10,19H,4,7-9,11-12H2,1-3H3. The van der Waals surface area contributed by atoms with E-state index >= 15 is 0 Å². The SMILES string of the molecule is CC(C)(C)NCC1(Cc2ccc(Br)cn2)CCCOC1. The summed E-state index contributed by atoms with van der Waals surface area (Å²) in [6.07, 6.45) is 5.20. The van der Waals surface area contributed by atoms with Crippen LogP contribution in [0.1, 0.15) is 39.3 Å². The molecule has 0 radical (unpaired) electrons. The van der Waals surface area contributed by atoms with Crippen molar-refractivity contribution < 1.29 is 4.74 Å². The zero-order valence-electron chi connectivity index (χ0n) is 12.7. The number of aromatic nitrogens is 1. The first kappa shape index (κ1) is 15.9. The highest BCUT2D eigenvalue weighted by Gasteiger charge is 2.34. The molecule has 0 bridgehead atoms. The lowest BCUT2D eigenvalue weighted by Gasteiger charge is -2.39. The summed E-state index contributed by atoms with van der Waals surface area (Å²) >= 11 is 3.44. The fourth-order valence-corrected chi connectivity index (χ4v) is 2.83. The molecule has 0 amide bonds. The Labute approximate surface area is 130 Å². The molecule has 1 aliphatic heterocycles. The first-order chi connectivity index (χ1) is 9.39. The fourth-order valence-electron chi connectivity index (χ4n) is 2.60. The molecule has 20 heavy (non-hydrogen) atoms. The van der Waals surface area contributed by atoms with Crippen molar-refractivity contribution in [3.8, 4) is 0 Å². The molecule has 1 aromatic heterocycles. The van der Waals surface area contributed by atoms with Crippen LogP contribution in [-0.2, 0) is 11.2 Å². The van der Waals surface area contributed by atoms with E-state index in [1.54, 1.807) is 0 Å². The van der Waals surface area contributed by atoms with Crippen molar-refractivity contribution in [1.29, 1.82) is 0 Å². The first-order valence-corrected chi connectivity index (χ1v) is 8.11. The van der Waals surface area contributed by atoms with E-state index in [2.05, 4.69) is 59.1 Å². The highest BCUT2D eigenvalue weighted by Crippen LogP contribution is 2.32. The average Bonchev–Trinajstić information content (AvgIpc) is 2.40. The number of nitrogens with zero attached hydrogens (tertiary/aromatic N) is 1. The van der Waals surface area contributed by atoms with Gasteiger partial charge in [0.05, 0.1) is 6.61 Å². The topological polar surface area (TPSA) is 34.2 Å². The Morgan fingerprint density at radius 1 is 1.40 bits per heavy atom. The smallest absolute Gasteiger partial charge is 0.0538 e. The van der Waals surface area contributed by atoms with E-state index in [1.807, 2.05) is 6.20 Å². The van der Waals surface area contributed by atoms with Gasteiger partial charge in [-0.05, 0) is 68.1 Å². The number of ether oxygens (including phenoxy) is 1. The Bertz CT molecular complexity index is 419. The van der Waals surface area contributed by atoms with E-state index in [-0.39, 0.29) is 11.0 Å². The Balaban J connectivity index is 2.08. The number of hydrogen-bond donors (Lipinski definition) is 1. The average molecular weight is 341 g/mol. The van der Waals surface area contributed by atoms with E-state index in [0.717, 1.165) is 42.8 Å². The molecule has 0 saturated carbocycles. The summed E-state index contributed by atoms with van der Waals surface area (Å²) in [7, 11) is 0. The highest BCUT2D eigenvalue weighted by molar-refractivity contribution is 9.10. The molecule has 112 valence electrons. The molecule has 2 rings (SSSR count). The van der Waals surface area contributed by atoms with Gasteiger partial charge in [-0.25, -0.2) is 0 Å². The molecule has 4 heteroatoms. The normalized spacial score (nSPS) is 23.8. The Hall–Kier alpha value is -0.450. The molecule has 1 aliphatic rings. The van der Waals surface area contributed by atoms with Gasteiger partial charge >= 0.3 is 0 Å². The van der Waals surface area contributed by atoms with Gasteiger partial charge in [0.2, 0.25) is 0 Å². The van der Waals surface area contributed by atoms with Crippen LogP contribution in [0.15, 0.2) is 22.8 Å². The van der Waals surface area contributed by atoms with Crippen LogP contribution in [0, 0.1) is 5.41 Å². The number of pyridine rings is 1. The molecule has 3 nitrogen and oxygen atoms in total. The fraction of sp³-hybridized carbons (Fsp3) is 0.688. The minimum absolute atomic E-state index is 0.136. The van der Waals surface area contributed by atoms with Crippen molar-refractivity contribution in [2.24, 2.45) is 5.41 Å². The summed E-state index contributed by atoms with van der Waals surface area (Å²) < 4.78 is 6.80. The van der Waals surface area contributed by atoms with Crippen LogP contribution in [0.3, 0.4) is 0 Å². The molecule has 0 aromatic carbocycles. The number of halogens is 1. The van der Waals surface area contributed by atoms with E-state index in [0.29, 0.717) is 0 Å². The predicted molar refractivity (Wildman–Crippen MR) is 85.9 cm³/mol. The van der Waals surface area contributed by atoms with Crippen molar-refractivity contribution >= 4 is 15.9 Å². The lowest BCUT2D eigenvalue weighted by Crippen LogP contribution is -2.48. The minimum atomic E-state index is 0.136. The van der Waals surface area contributed by atoms with Gasteiger partial charge in [0.15, 0.2) is 0 Å². The van der Waals surface area contributed by atoms with E-state index < -0.39 is 0 Å². The molecule has 1 unspecified atom stereocenters. The van der Waals surface area contributed by atoms with Crippen LogP contribution >= 0.6 is 15.9 Å². The molecular formula is C16H25BrN2O. The maximum Gasteiger partial charge on any atom is 0.0538 e. The molecule has 2 heterocycles. The lowest BCUT2D eigenvalue weighted by molar-refractivity contribution is -0.0104. The van der Waals surface area contributed by atoms with E-state index in [4.69, 9.17) is 4.74 Å². The minimum Gasteiger partial charge on any atom is -0.381 e. The maximum atomic E-state index is 5.77. The van der Waals surface area contributed by atoms with Crippen LogP contribution < -0.4 is 5.32 Å². The second kappa shape index (κ2) is 6.54. The number of hydrogen-bond acceptors (Lipinski definition) is 3. The summed E-state index contributed by atoms with van der Waals surface area (Å²) in [6.45, 7) is 9.33. The van der Waals surface area contributed by atoms with Gasteiger partial charge in [0, 0.05) is 40.5 Å². The molecule has 1 aromatic rings. The second-order valence-electron chi connectivity index (χ2n) is 6.90. The summed E-state index contributed by atoms with van der Waals surface area (Å²) in [5, 5.41) is 3.65. The molecule has 0 spiro atoms. The van der Waals surface area contributed by atoms with Gasteiger partial charge in [-0.2, -0.15) is 0 Å². The quantitative estimate of drug-likeness (QED) is 0.909. The van der Waals surface area contributed by atoms with Crippen molar-refractivity contribution in [2.75, 3.05) is 19.8 Å². The highest BCUT2D eigenvalue weighted by atomic mass is 79.9. The van der Waals surface area contributed by atoms with Gasteiger partial charge < -0.3 is 10.1 Å². The van der Waals surface area contributed by atoms with Crippen LogP contribution in [-0.4, -0.2) is 30.3 Å². The van der Waals surface area contributed by atoms with E-state index in [9.17, 15) is 0 Å². The Kier molecular flexibility index (Phi) is 5.21. The van der Waals surface area contributed by atoms with Crippen LogP contribution in [0.25, 0.3) is 0 Å². The van der Waals surface area contributed by atoms with Gasteiger partial charge in [-0.3, -0.25) is 4.98 Å². The Morgan fingerprint density at radius 3 is 2.75 bits per heavy atom. The zero-order chi connectivity index (χ0) is 14.6. The molecule has 1 atom stereocenters. The van der Waals surface area contributed by atoms with Crippen LogP contribution in [0.4, 0.5) is 0 Å². The third kappa shape index (κ3) is 4.83. The maximum absolute atomic E-state index is 5.77. The monoisotopic (exact) mass is 340 g/mol. The van der Waals surface area contributed by atoms with Gasteiger partial charge in [0.1, 0.15) is 0 Å². The number of nitrogens with one attached hydrogen (secondary N) is 1. The predicted octanol–water partition coefficient (Wildman–Crippen LogP) is 3.57. The summed E-state index contributed by atoms with van der Waals surface area (Å²) in [6, 6.07) is 4.18. The number of rotatable bonds is 4. The lowest BCUT2D eigenvalue weighted by atomic mass is 9.77. The van der Waals surface area contributed by atoms with Crippen molar-refractivity contribution in [3.05, 3.63) is 28.5 Å². The summed E-state index contributed by atoms with van der Waals surface area (Å²) in [5.74, 6) is 0. The summed E-state index contributed by atoms with van der Waals surface area (Å²) in [4.78, 5) is 4.53. The molecule has 1 saturated heterocycles. The third-order valence-corrected chi connectivity index (χ3v) is 4.21. The van der Waals surface area contributed by atoms with Gasteiger partial charge in [-0.1, -0.05) is 0 Å². The van der Waals surface area contributed by atoms with Crippen molar-refractivity contribution in [2.45, 2.75) is 45.6 Å². The van der Waals surface area contributed by atoms with Gasteiger partial charge in [0.25, 0.3) is 0 Å². The molecule has 1 N–H and O–H groups in total. The van der Waals surface area contributed by atoms with E-state index in [1.165, 1.54) is 6.42 Å². The third-order valence-electron chi connectivity index (χ3n) is 3.74. The van der Waals surface area contributed by atoms with Gasteiger partial charge in [-0.15, -0.1) is 0 Å². The largest absolute Gasteiger partial charge is 0.381 e.